The summed E-state index contributed by atoms with van der Waals surface area (Å²) in [7, 11) is 0. The molecular weight excluding hydrogens is 196 g/mol. The smallest absolute Gasteiger partial charge is 0.129 e. The van der Waals surface area contributed by atoms with Gasteiger partial charge in [0, 0.05) is 6.07 Å². The van der Waals surface area contributed by atoms with Crippen molar-refractivity contribution in [1.29, 1.82) is 0 Å². The summed E-state index contributed by atoms with van der Waals surface area (Å²) in [5.74, 6) is -0.294. The SMILES string of the molecule is C[C@@H]1CNCC[C@@H]1c1ccc(F)cc1F. The summed E-state index contributed by atoms with van der Waals surface area (Å²) in [6, 6.07) is 3.90. The van der Waals surface area contributed by atoms with Crippen LogP contribution < -0.4 is 5.32 Å². The molecule has 1 nitrogen and oxygen atoms in total. The number of piperidine rings is 1. The number of rotatable bonds is 1. The highest BCUT2D eigenvalue weighted by atomic mass is 19.1. The second-order valence-electron chi connectivity index (χ2n) is 4.24. The van der Waals surface area contributed by atoms with E-state index in [0.29, 0.717) is 11.5 Å². The lowest BCUT2D eigenvalue weighted by Gasteiger charge is -2.30. The molecule has 1 saturated heterocycles. The average Bonchev–Trinajstić information content (AvgIpc) is 2.20. The van der Waals surface area contributed by atoms with Crippen LogP contribution in [0.5, 0.6) is 0 Å². The van der Waals surface area contributed by atoms with Crippen molar-refractivity contribution in [1.82, 2.24) is 5.32 Å². The van der Waals surface area contributed by atoms with Crippen molar-refractivity contribution >= 4 is 0 Å². The van der Waals surface area contributed by atoms with Crippen molar-refractivity contribution in [2.24, 2.45) is 5.92 Å². The van der Waals surface area contributed by atoms with E-state index in [1.807, 2.05) is 0 Å². The highest BCUT2D eigenvalue weighted by molar-refractivity contribution is 5.24. The van der Waals surface area contributed by atoms with E-state index in [1.165, 1.54) is 6.07 Å². The molecule has 1 aliphatic rings. The van der Waals surface area contributed by atoms with Crippen molar-refractivity contribution in [2.75, 3.05) is 13.1 Å². The van der Waals surface area contributed by atoms with Gasteiger partial charge in [-0.25, -0.2) is 8.78 Å². The Kier molecular flexibility index (Phi) is 3.00. The van der Waals surface area contributed by atoms with Gasteiger partial charge in [-0.3, -0.25) is 0 Å². The molecule has 15 heavy (non-hydrogen) atoms. The molecule has 3 heteroatoms. The molecule has 0 saturated carbocycles. The van der Waals surface area contributed by atoms with Gasteiger partial charge in [-0.2, -0.15) is 0 Å². The van der Waals surface area contributed by atoms with Crippen LogP contribution in [-0.2, 0) is 0 Å². The predicted molar refractivity (Wildman–Crippen MR) is 55.7 cm³/mol. The van der Waals surface area contributed by atoms with Crippen molar-refractivity contribution in [3.05, 3.63) is 35.4 Å². The lowest BCUT2D eigenvalue weighted by molar-refractivity contribution is 0.341. The molecule has 0 amide bonds. The molecule has 82 valence electrons. The second kappa shape index (κ2) is 4.27. The average molecular weight is 211 g/mol. The normalized spacial score (nSPS) is 26.6. The molecule has 1 aliphatic heterocycles. The van der Waals surface area contributed by atoms with Gasteiger partial charge in [0.05, 0.1) is 0 Å². The maximum atomic E-state index is 13.5. The molecular formula is C12H15F2N. The van der Waals surface area contributed by atoms with Crippen LogP contribution in [-0.4, -0.2) is 13.1 Å². The standard InChI is InChI=1S/C12H15F2N/c1-8-7-15-5-4-10(8)11-3-2-9(13)6-12(11)14/h2-3,6,8,10,15H,4-5,7H2,1H3/t8-,10+/m1/s1. The molecule has 1 heterocycles. The molecule has 0 spiro atoms. The van der Waals surface area contributed by atoms with Crippen molar-refractivity contribution in [3.8, 4) is 0 Å². The first-order valence-corrected chi connectivity index (χ1v) is 5.34. The van der Waals surface area contributed by atoms with E-state index in [-0.39, 0.29) is 5.92 Å². The fraction of sp³-hybridized carbons (Fsp3) is 0.500. The molecule has 1 aromatic rings. The summed E-state index contributed by atoms with van der Waals surface area (Å²) >= 11 is 0. The van der Waals surface area contributed by atoms with Crippen molar-refractivity contribution < 1.29 is 8.78 Å². The number of hydrogen-bond donors (Lipinski definition) is 1. The van der Waals surface area contributed by atoms with E-state index >= 15 is 0 Å². The Labute approximate surface area is 88.5 Å². The zero-order chi connectivity index (χ0) is 10.8. The Balaban J connectivity index is 2.27. The molecule has 0 unspecified atom stereocenters. The van der Waals surface area contributed by atoms with Gasteiger partial charge in [0.1, 0.15) is 11.6 Å². The highest BCUT2D eigenvalue weighted by Crippen LogP contribution is 2.31. The van der Waals surface area contributed by atoms with Crippen LogP contribution in [0, 0.1) is 17.6 Å². The van der Waals surface area contributed by atoms with Crippen molar-refractivity contribution in [2.45, 2.75) is 19.3 Å². The van der Waals surface area contributed by atoms with Crippen LogP contribution in [0.4, 0.5) is 8.78 Å². The van der Waals surface area contributed by atoms with Gasteiger partial charge in [0.25, 0.3) is 0 Å². The van der Waals surface area contributed by atoms with E-state index in [4.69, 9.17) is 0 Å². The first kappa shape index (κ1) is 10.6. The maximum absolute atomic E-state index is 13.5. The first-order chi connectivity index (χ1) is 7.18. The molecule has 0 bridgehead atoms. The molecule has 1 N–H and O–H groups in total. The quantitative estimate of drug-likeness (QED) is 0.753. The maximum Gasteiger partial charge on any atom is 0.129 e. The van der Waals surface area contributed by atoms with E-state index in [1.54, 1.807) is 6.07 Å². The van der Waals surface area contributed by atoms with E-state index in [9.17, 15) is 8.78 Å². The predicted octanol–water partition coefficient (Wildman–Crippen LogP) is 2.68. The van der Waals surface area contributed by atoms with Crippen LogP contribution in [0.15, 0.2) is 18.2 Å². The van der Waals surface area contributed by atoms with Crippen LogP contribution >= 0.6 is 0 Å². The van der Waals surface area contributed by atoms with Crippen LogP contribution in [0.25, 0.3) is 0 Å². The minimum absolute atomic E-state index is 0.215. The summed E-state index contributed by atoms with van der Waals surface area (Å²) < 4.78 is 26.3. The fourth-order valence-corrected chi connectivity index (χ4v) is 2.28. The molecule has 0 aliphatic carbocycles. The van der Waals surface area contributed by atoms with Gasteiger partial charge in [-0.15, -0.1) is 0 Å². The molecule has 0 radical (unpaired) electrons. The Bertz CT molecular complexity index is 351. The highest BCUT2D eigenvalue weighted by Gasteiger charge is 2.24. The number of benzene rings is 1. The Morgan fingerprint density at radius 1 is 1.33 bits per heavy atom. The third-order valence-electron chi connectivity index (χ3n) is 3.15. The fourth-order valence-electron chi connectivity index (χ4n) is 2.28. The number of nitrogens with one attached hydrogen (secondary N) is 1. The van der Waals surface area contributed by atoms with Gasteiger partial charge >= 0.3 is 0 Å². The van der Waals surface area contributed by atoms with Gasteiger partial charge in [0.2, 0.25) is 0 Å². The zero-order valence-corrected chi connectivity index (χ0v) is 8.76. The minimum Gasteiger partial charge on any atom is -0.316 e. The third-order valence-corrected chi connectivity index (χ3v) is 3.15. The van der Waals surface area contributed by atoms with Crippen molar-refractivity contribution in [3.63, 3.8) is 0 Å². The Morgan fingerprint density at radius 2 is 2.13 bits per heavy atom. The lowest BCUT2D eigenvalue weighted by Crippen LogP contribution is -2.34. The molecule has 2 rings (SSSR count). The van der Waals surface area contributed by atoms with Crippen LogP contribution in [0.2, 0.25) is 0 Å². The number of halogens is 2. The topological polar surface area (TPSA) is 12.0 Å². The van der Waals surface area contributed by atoms with E-state index in [0.717, 1.165) is 25.6 Å². The first-order valence-electron chi connectivity index (χ1n) is 5.34. The molecule has 1 fully saturated rings. The summed E-state index contributed by atoms with van der Waals surface area (Å²) in [6.07, 6.45) is 0.920. The summed E-state index contributed by atoms with van der Waals surface area (Å²) in [5.41, 5.74) is 0.658. The molecule has 1 aromatic carbocycles. The Morgan fingerprint density at radius 3 is 2.80 bits per heavy atom. The van der Waals surface area contributed by atoms with Gasteiger partial charge < -0.3 is 5.32 Å². The lowest BCUT2D eigenvalue weighted by atomic mass is 9.82. The van der Waals surface area contributed by atoms with Gasteiger partial charge in [0.15, 0.2) is 0 Å². The van der Waals surface area contributed by atoms with Gasteiger partial charge in [-0.1, -0.05) is 13.0 Å². The zero-order valence-electron chi connectivity index (χ0n) is 8.76. The molecule has 2 atom stereocenters. The monoisotopic (exact) mass is 211 g/mol. The third kappa shape index (κ3) is 2.17. The number of hydrogen-bond acceptors (Lipinski definition) is 1. The van der Waals surface area contributed by atoms with Crippen LogP contribution in [0.1, 0.15) is 24.8 Å². The van der Waals surface area contributed by atoms with Gasteiger partial charge in [-0.05, 0) is 43.0 Å². The van der Waals surface area contributed by atoms with Crippen LogP contribution in [0.3, 0.4) is 0 Å². The largest absolute Gasteiger partial charge is 0.316 e. The Hall–Kier alpha value is -0.960. The summed E-state index contributed by atoms with van der Waals surface area (Å²) in [5, 5.41) is 3.27. The molecule has 0 aromatic heterocycles. The summed E-state index contributed by atoms with van der Waals surface area (Å²) in [6.45, 7) is 3.91. The second-order valence-corrected chi connectivity index (χ2v) is 4.24. The summed E-state index contributed by atoms with van der Waals surface area (Å²) in [4.78, 5) is 0. The minimum atomic E-state index is -0.502. The van der Waals surface area contributed by atoms with E-state index in [2.05, 4.69) is 12.2 Å². The van der Waals surface area contributed by atoms with E-state index < -0.39 is 11.6 Å².